The predicted molar refractivity (Wildman–Crippen MR) is 60.5 cm³/mol. The van der Waals surface area contributed by atoms with E-state index < -0.39 is 0 Å². The summed E-state index contributed by atoms with van der Waals surface area (Å²) in [5, 5.41) is 12.5. The molecule has 1 aromatic rings. The summed E-state index contributed by atoms with van der Waals surface area (Å²) in [6.07, 6.45) is 0.392. The summed E-state index contributed by atoms with van der Waals surface area (Å²) in [6, 6.07) is 4.03. The van der Waals surface area contributed by atoms with Crippen molar-refractivity contribution in [3.8, 4) is 6.07 Å². The third-order valence-electron chi connectivity index (χ3n) is 2.12. The normalized spacial score (nSPS) is 10.0. The third kappa shape index (κ3) is 3.37. The summed E-state index contributed by atoms with van der Waals surface area (Å²) in [7, 11) is 0. The molecule has 0 aliphatic heterocycles. The second-order valence-electron chi connectivity index (χ2n) is 3.58. The summed E-state index contributed by atoms with van der Waals surface area (Å²) in [5.41, 5.74) is 1.02. The van der Waals surface area contributed by atoms with Crippen molar-refractivity contribution in [3.63, 3.8) is 0 Å². The van der Waals surface area contributed by atoms with Crippen molar-refractivity contribution in [2.75, 3.05) is 6.54 Å². The largest absolute Gasteiger partial charge is 0.327 e. The van der Waals surface area contributed by atoms with Gasteiger partial charge in [0.1, 0.15) is 6.54 Å². The highest BCUT2D eigenvalue weighted by molar-refractivity contribution is 7.07. The zero-order chi connectivity index (χ0) is 11.3. The van der Waals surface area contributed by atoms with E-state index in [0.717, 1.165) is 5.56 Å². The number of rotatable bonds is 4. The third-order valence-corrected chi connectivity index (χ3v) is 2.85. The molecule has 1 rings (SSSR count). The molecule has 4 heteroatoms. The average molecular weight is 222 g/mol. The van der Waals surface area contributed by atoms with Crippen molar-refractivity contribution in [2.24, 2.45) is 0 Å². The van der Waals surface area contributed by atoms with Gasteiger partial charge in [0.25, 0.3) is 0 Å². The molecule has 0 radical (unpaired) electrons. The fourth-order valence-corrected chi connectivity index (χ4v) is 1.97. The topological polar surface area (TPSA) is 44.1 Å². The predicted octanol–water partition coefficient (Wildman–Crippen LogP) is 2.05. The van der Waals surface area contributed by atoms with Crippen LogP contribution in [0.3, 0.4) is 0 Å². The van der Waals surface area contributed by atoms with E-state index in [1.54, 1.807) is 16.2 Å². The van der Waals surface area contributed by atoms with Crippen LogP contribution in [0.1, 0.15) is 19.4 Å². The van der Waals surface area contributed by atoms with Crippen LogP contribution in [0, 0.1) is 11.3 Å². The summed E-state index contributed by atoms with van der Waals surface area (Å²) < 4.78 is 0. The summed E-state index contributed by atoms with van der Waals surface area (Å²) in [4.78, 5) is 13.4. The highest BCUT2D eigenvalue weighted by atomic mass is 32.1. The zero-order valence-corrected chi connectivity index (χ0v) is 9.75. The number of carbonyl (C=O) groups is 1. The minimum absolute atomic E-state index is 0.0185. The van der Waals surface area contributed by atoms with Crippen LogP contribution in [0.15, 0.2) is 16.8 Å². The molecule has 0 aliphatic rings. The van der Waals surface area contributed by atoms with E-state index in [-0.39, 0.29) is 18.5 Å². The summed E-state index contributed by atoms with van der Waals surface area (Å²) >= 11 is 1.58. The Balaban J connectivity index is 2.61. The lowest BCUT2D eigenvalue weighted by Crippen LogP contribution is -2.38. The van der Waals surface area contributed by atoms with Crippen molar-refractivity contribution in [1.29, 1.82) is 5.26 Å². The van der Waals surface area contributed by atoms with Crippen LogP contribution < -0.4 is 0 Å². The maximum atomic E-state index is 11.8. The van der Waals surface area contributed by atoms with E-state index in [1.807, 2.05) is 36.7 Å². The molecule has 80 valence electrons. The Bertz CT molecular complexity index is 351. The molecule has 1 amide bonds. The van der Waals surface area contributed by atoms with E-state index in [4.69, 9.17) is 5.26 Å². The van der Waals surface area contributed by atoms with Gasteiger partial charge in [-0.25, -0.2) is 0 Å². The molecule has 0 atom stereocenters. The standard InChI is InChI=1S/C11H14N2OS/c1-9(2)13(5-4-12)11(14)7-10-3-6-15-8-10/h3,6,8-9H,5,7H2,1-2H3. The van der Waals surface area contributed by atoms with E-state index >= 15 is 0 Å². The minimum atomic E-state index is 0.0185. The van der Waals surface area contributed by atoms with Crippen LogP contribution in [0.4, 0.5) is 0 Å². The lowest BCUT2D eigenvalue weighted by Gasteiger charge is -2.23. The Kier molecular flexibility index (Phi) is 4.32. The fourth-order valence-electron chi connectivity index (χ4n) is 1.30. The highest BCUT2D eigenvalue weighted by Gasteiger charge is 2.16. The molecule has 0 fully saturated rings. The van der Waals surface area contributed by atoms with Gasteiger partial charge in [0.05, 0.1) is 12.5 Å². The first-order valence-electron chi connectivity index (χ1n) is 4.82. The number of nitrogens with zero attached hydrogens (tertiary/aromatic N) is 2. The van der Waals surface area contributed by atoms with Crippen LogP contribution in [-0.2, 0) is 11.2 Å². The number of amides is 1. The Morgan fingerprint density at radius 2 is 2.40 bits per heavy atom. The molecule has 0 spiro atoms. The maximum Gasteiger partial charge on any atom is 0.228 e. The number of carbonyl (C=O) groups excluding carboxylic acids is 1. The van der Waals surface area contributed by atoms with Gasteiger partial charge in [-0.1, -0.05) is 0 Å². The van der Waals surface area contributed by atoms with Crippen molar-refractivity contribution in [1.82, 2.24) is 4.90 Å². The first-order valence-corrected chi connectivity index (χ1v) is 5.77. The minimum Gasteiger partial charge on any atom is -0.327 e. The van der Waals surface area contributed by atoms with Gasteiger partial charge in [-0.2, -0.15) is 16.6 Å². The number of nitriles is 1. The van der Waals surface area contributed by atoms with E-state index in [2.05, 4.69) is 0 Å². The Hall–Kier alpha value is -1.34. The van der Waals surface area contributed by atoms with Gasteiger partial charge in [-0.3, -0.25) is 4.79 Å². The van der Waals surface area contributed by atoms with Gasteiger partial charge in [0.15, 0.2) is 0 Å². The molecule has 0 saturated heterocycles. The Morgan fingerprint density at radius 1 is 1.67 bits per heavy atom. The molecule has 0 saturated carbocycles. The van der Waals surface area contributed by atoms with Crippen LogP contribution in [-0.4, -0.2) is 23.4 Å². The molecular weight excluding hydrogens is 208 g/mol. The first kappa shape index (κ1) is 11.7. The van der Waals surface area contributed by atoms with E-state index in [9.17, 15) is 4.79 Å². The van der Waals surface area contributed by atoms with Gasteiger partial charge in [-0.15, -0.1) is 0 Å². The first-order chi connectivity index (χ1) is 7.15. The van der Waals surface area contributed by atoms with Crippen molar-refractivity contribution < 1.29 is 4.79 Å². The van der Waals surface area contributed by atoms with Crippen LogP contribution >= 0.6 is 11.3 Å². The molecule has 0 N–H and O–H groups in total. The molecule has 1 heterocycles. The molecule has 0 aromatic carbocycles. The second kappa shape index (κ2) is 5.52. The number of thiophene rings is 1. The van der Waals surface area contributed by atoms with Crippen LogP contribution in [0.5, 0.6) is 0 Å². The van der Waals surface area contributed by atoms with Gasteiger partial charge in [0, 0.05) is 6.04 Å². The summed E-state index contributed by atoms with van der Waals surface area (Å²) in [6.45, 7) is 4.01. The molecule has 0 bridgehead atoms. The lowest BCUT2D eigenvalue weighted by molar-refractivity contribution is -0.131. The molecule has 1 aromatic heterocycles. The SMILES string of the molecule is CC(C)N(CC#N)C(=O)Cc1ccsc1. The zero-order valence-electron chi connectivity index (χ0n) is 8.93. The monoisotopic (exact) mass is 222 g/mol. The fraction of sp³-hybridized carbons (Fsp3) is 0.455. The van der Waals surface area contributed by atoms with Gasteiger partial charge in [-0.05, 0) is 36.2 Å². The molecule has 3 nitrogen and oxygen atoms in total. The number of hydrogen-bond acceptors (Lipinski definition) is 3. The molecule has 15 heavy (non-hydrogen) atoms. The van der Waals surface area contributed by atoms with Crippen molar-refractivity contribution in [3.05, 3.63) is 22.4 Å². The quantitative estimate of drug-likeness (QED) is 0.732. The Labute approximate surface area is 93.9 Å². The van der Waals surface area contributed by atoms with Crippen LogP contribution in [0.2, 0.25) is 0 Å². The number of hydrogen-bond donors (Lipinski definition) is 0. The van der Waals surface area contributed by atoms with Gasteiger partial charge >= 0.3 is 0 Å². The summed E-state index contributed by atoms with van der Waals surface area (Å²) in [5.74, 6) is 0.0185. The smallest absolute Gasteiger partial charge is 0.228 e. The maximum absolute atomic E-state index is 11.8. The van der Waals surface area contributed by atoms with Crippen molar-refractivity contribution in [2.45, 2.75) is 26.3 Å². The van der Waals surface area contributed by atoms with E-state index in [1.165, 1.54) is 0 Å². The molecular formula is C11H14N2OS. The van der Waals surface area contributed by atoms with Gasteiger partial charge in [0.2, 0.25) is 5.91 Å². The van der Waals surface area contributed by atoms with Crippen molar-refractivity contribution >= 4 is 17.2 Å². The molecule has 0 aliphatic carbocycles. The lowest BCUT2D eigenvalue weighted by atomic mass is 10.2. The second-order valence-corrected chi connectivity index (χ2v) is 4.36. The van der Waals surface area contributed by atoms with Crippen LogP contribution in [0.25, 0.3) is 0 Å². The molecule has 0 unspecified atom stereocenters. The van der Waals surface area contributed by atoms with Gasteiger partial charge < -0.3 is 4.90 Å². The highest BCUT2D eigenvalue weighted by Crippen LogP contribution is 2.09. The Morgan fingerprint density at radius 3 is 2.87 bits per heavy atom. The van der Waals surface area contributed by atoms with E-state index in [0.29, 0.717) is 6.42 Å². The average Bonchev–Trinajstić information content (AvgIpc) is 2.65.